The average molecular weight is 277 g/mol. The molecule has 1 aliphatic heterocycles. The van der Waals surface area contributed by atoms with Gasteiger partial charge in [0, 0.05) is 6.42 Å². The molecule has 1 saturated heterocycles. The number of rotatable bonds is 6. The fourth-order valence-electron chi connectivity index (χ4n) is 3.41. The number of halogens is 1. The lowest BCUT2D eigenvalue weighted by molar-refractivity contribution is -0.130. The van der Waals surface area contributed by atoms with Gasteiger partial charge >= 0.3 is 0 Å². The summed E-state index contributed by atoms with van der Waals surface area (Å²) >= 11 is 0. The molecule has 1 aromatic rings. The van der Waals surface area contributed by atoms with Crippen LogP contribution in [0, 0.1) is 5.82 Å². The Balaban J connectivity index is 2.18. The lowest BCUT2D eigenvalue weighted by Gasteiger charge is -2.39. The second-order valence-electron chi connectivity index (χ2n) is 5.66. The van der Waals surface area contributed by atoms with Gasteiger partial charge in [-0.2, -0.15) is 0 Å². The number of nitrogens with zero attached hydrogens (tertiary/aromatic N) is 1. The third-order valence-corrected chi connectivity index (χ3v) is 4.65. The molecule has 110 valence electrons. The zero-order valence-corrected chi connectivity index (χ0v) is 12.5. The van der Waals surface area contributed by atoms with Crippen molar-refractivity contribution in [3.8, 4) is 0 Å². The summed E-state index contributed by atoms with van der Waals surface area (Å²) in [7, 11) is 0. The van der Waals surface area contributed by atoms with Gasteiger partial charge in [-0.3, -0.25) is 9.69 Å². The molecule has 2 rings (SSSR count). The number of hydrogen-bond acceptors (Lipinski definition) is 2. The number of benzene rings is 1. The van der Waals surface area contributed by atoms with E-state index in [1.54, 1.807) is 6.07 Å². The van der Waals surface area contributed by atoms with Crippen molar-refractivity contribution in [3.05, 3.63) is 35.6 Å². The number of likely N-dealkylation sites (tertiary alicyclic amines) is 1. The summed E-state index contributed by atoms with van der Waals surface area (Å²) in [5, 5.41) is 0. The summed E-state index contributed by atoms with van der Waals surface area (Å²) in [6, 6.07) is 6.40. The van der Waals surface area contributed by atoms with Gasteiger partial charge in [0.25, 0.3) is 0 Å². The molecule has 0 N–H and O–H groups in total. The maximum absolute atomic E-state index is 13.3. The van der Waals surface area contributed by atoms with Crippen LogP contribution in [0.4, 0.5) is 4.39 Å². The summed E-state index contributed by atoms with van der Waals surface area (Å²) in [6.07, 6.45) is 4.34. The lowest BCUT2D eigenvalue weighted by Crippen LogP contribution is -2.53. The van der Waals surface area contributed by atoms with Crippen LogP contribution < -0.4 is 0 Å². The molecule has 0 unspecified atom stereocenters. The van der Waals surface area contributed by atoms with Crippen LogP contribution in [-0.4, -0.2) is 29.3 Å². The smallest absolute Gasteiger partial charge is 0.157 e. The fraction of sp³-hybridized carbons (Fsp3) is 0.588. The molecule has 1 aromatic carbocycles. The Morgan fingerprint density at radius 1 is 1.25 bits per heavy atom. The van der Waals surface area contributed by atoms with Crippen molar-refractivity contribution in [1.82, 2.24) is 4.90 Å². The van der Waals surface area contributed by atoms with E-state index in [-0.39, 0.29) is 17.1 Å². The van der Waals surface area contributed by atoms with Crippen LogP contribution >= 0.6 is 0 Å². The molecule has 0 spiro atoms. The summed E-state index contributed by atoms with van der Waals surface area (Å²) < 4.78 is 13.3. The molecule has 1 fully saturated rings. The van der Waals surface area contributed by atoms with Gasteiger partial charge in [0.15, 0.2) is 5.78 Å². The Morgan fingerprint density at radius 2 is 1.90 bits per heavy atom. The van der Waals surface area contributed by atoms with Gasteiger partial charge in [-0.15, -0.1) is 0 Å². The minimum atomic E-state index is -0.358. The maximum Gasteiger partial charge on any atom is 0.157 e. The quantitative estimate of drug-likeness (QED) is 0.792. The van der Waals surface area contributed by atoms with Crippen LogP contribution in [0.3, 0.4) is 0 Å². The van der Waals surface area contributed by atoms with E-state index >= 15 is 0 Å². The monoisotopic (exact) mass is 277 g/mol. The Labute approximate surface area is 121 Å². The Bertz CT molecular complexity index is 462. The van der Waals surface area contributed by atoms with Gasteiger partial charge in [-0.25, -0.2) is 4.39 Å². The average Bonchev–Trinajstić information content (AvgIpc) is 2.95. The van der Waals surface area contributed by atoms with Crippen molar-refractivity contribution in [1.29, 1.82) is 0 Å². The normalized spacial score (nSPS) is 16.6. The Hall–Kier alpha value is -1.22. The molecule has 0 bridgehead atoms. The van der Waals surface area contributed by atoms with Crippen molar-refractivity contribution < 1.29 is 9.18 Å². The first kappa shape index (κ1) is 15.2. The predicted molar refractivity (Wildman–Crippen MR) is 79.2 cm³/mol. The van der Waals surface area contributed by atoms with E-state index in [0.29, 0.717) is 6.42 Å². The highest BCUT2D eigenvalue weighted by Crippen LogP contribution is 2.30. The second kappa shape index (κ2) is 6.49. The molecule has 1 heterocycles. The predicted octanol–water partition coefficient (Wildman–Crippen LogP) is 3.59. The maximum atomic E-state index is 13.3. The molecule has 0 radical (unpaired) electrons. The SMILES string of the molecule is CCC(CC)(C(=O)Cc1cccc(F)c1)N1CCCC1. The highest BCUT2D eigenvalue weighted by Gasteiger charge is 2.41. The standard InChI is InChI=1S/C17H24FNO/c1-3-17(4-2,19-10-5-6-11-19)16(20)13-14-8-7-9-15(18)12-14/h7-9,12H,3-6,10-11,13H2,1-2H3. The number of ketones is 1. The number of carbonyl (C=O) groups is 1. The first-order valence-corrected chi connectivity index (χ1v) is 7.65. The Kier molecular flexibility index (Phi) is 4.92. The first-order valence-electron chi connectivity index (χ1n) is 7.65. The highest BCUT2D eigenvalue weighted by molar-refractivity contribution is 5.90. The van der Waals surface area contributed by atoms with Gasteiger partial charge in [-0.1, -0.05) is 26.0 Å². The molecule has 0 aromatic heterocycles. The molecular formula is C17H24FNO. The molecule has 20 heavy (non-hydrogen) atoms. The number of hydrogen-bond donors (Lipinski definition) is 0. The van der Waals surface area contributed by atoms with Gasteiger partial charge < -0.3 is 0 Å². The minimum absolute atomic E-state index is 0.231. The Morgan fingerprint density at radius 3 is 2.45 bits per heavy atom. The molecule has 1 aliphatic rings. The topological polar surface area (TPSA) is 20.3 Å². The van der Waals surface area contributed by atoms with Crippen molar-refractivity contribution in [2.24, 2.45) is 0 Å². The van der Waals surface area contributed by atoms with Crippen LogP contribution in [0.2, 0.25) is 0 Å². The molecule has 0 atom stereocenters. The number of Topliss-reactive ketones (excluding diaryl/α,β-unsaturated/α-hetero) is 1. The van der Waals surface area contributed by atoms with Crippen molar-refractivity contribution in [2.75, 3.05) is 13.1 Å². The van der Waals surface area contributed by atoms with Gasteiger partial charge in [0.05, 0.1) is 5.54 Å². The van der Waals surface area contributed by atoms with E-state index in [4.69, 9.17) is 0 Å². The summed E-state index contributed by atoms with van der Waals surface area (Å²) in [4.78, 5) is 15.2. The van der Waals surface area contributed by atoms with Crippen molar-refractivity contribution >= 4 is 5.78 Å². The molecule has 0 aliphatic carbocycles. The van der Waals surface area contributed by atoms with Crippen LogP contribution in [0.15, 0.2) is 24.3 Å². The zero-order chi connectivity index (χ0) is 14.6. The second-order valence-corrected chi connectivity index (χ2v) is 5.66. The third kappa shape index (κ3) is 2.93. The number of carbonyl (C=O) groups excluding carboxylic acids is 1. The molecular weight excluding hydrogens is 253 g/mol. The molecule has 2 nitrogen and oxygen atoms in total. The highest BCUT2D eigenvalue weighted by atomic mass is 19.1. The van der Waals surface area contributed by atoms with Gasteiger partial charge in [-0.05, 0) is 56.5 Å². The van der Waals surface area contributed by atoms with Crippen LogP contribution in [0.25, 0.3) is 0 Å². The summed E-state index contributed by atoms with van der Waals surface area (Å²) in [5.41, 5.74) is 0.420. The van der Waals surface area contributed by atoms with Gasteiger partial charge in [0.1, 0.15) is 5.82 Å². The van der Waals surface area contributed by atoms with E-state index in [9.17, 15) is 9.18 Å². The van der Waals surface area contributed by atoms with Crippen molar-refractivity contribution in [2.45, 2.75) is 51.5 Å². The van der Waals surface area contributed by atoms with Crippen LogP contribution in [0.1, 0.15) is 45.1 Å². The van der Waals surface area contributed by atoms with E-state index < -0.39 is 0 Å². The summed E-state index contributed by atoms with van der Waals surface area (Å²) in [6.45, 7) is 6.20. The van der Waals surface area contributed by atoms with E-state index in [2.05, 4.69) is 18.7 Å². The largest absolute Gasteiger partial charge is 0.297 e. The molecule has 3 heteroatoms. The first-order chi connectivity index (χ1) is 9.62. The van der Waals surface area contributed by atoms with E-state index in [0.717, 1.165) is 31.5 Å². The van der Waals surface area contributed by atoms with Crippen LogP contribution in [-0.2, 0) is 11.2 Å². The van der Waals surface area contributed by atoms with Gasteiger partial charge in [0.2, 0.25) is 0 Å². The van der Waals surface area contributed by atoms with E-state index in [1.807, 2.05) is 6.07 Å². The van der Waals surface area contributed by atoms with Crippen molar-refractivity contribution in [3.63, 3.8) is 0 Å². The molecule has 0 amide bonds. The zero-order valence-electron chi connectivity index (χ0n) is 12.5. The van der Waals surface area contributed by atoms with E-state index in [1.165, 1.54) is 25.0 Å². The third-order valence-electron chi connectivity index (χ3n) is 4.65. The summed E-state index contributed by atoms with van der Waals surface area (Å²) in [5.74, 6) is -0.0370. The van der Waals surface area contributed by atoms with Crippen LogP contribution in [0.5, 0.6) is 0 Å². The molecule has 0 saturated carbocycles. The lowest BCUT2D eigenvalue weighted by atomic mass is 9.83. The fourth-order valence-corrected chi connectivity index (χ4v) is 3.41. The minimum Gasteiger partial charge on any atom is -0.297 e.